The molecule has 3 rings (SSSR count). The summed E-state index contributed by atoms with van der Waals surface area (Å²) in [5.41, 5.74) is 0.991. The number of carbonyl (C=O) groups is 1. The average Bonchev–Trinajstić information content (AvgIpc) is 2.47. The van der Waals surface area contributed by atoms with Gasteiger partial charge in [0.05, 0.1) is 0 Å². The summed E-state index contributed by atoms with van der Waals surface area (Å²) in [7, 11) is 0. The quantitative estimate of drug-likeness (QED) is 0.697. The van der Waals surface area contributed by atoms with Gasteiger partial charge in [0.15, 0.2) is 0 Å². The second kappa shape index (κ2) is 5.66. The van der Waals surface area contributed by atoms with Crippen molar-refractivity contribution in [3.05, 3.63) is 76.5 Å². The van der Waals surface area contributed by atoms with Gasteiger partial charge in [0, 0.05) is 15.7 Å². The molecule has 1 amide bonds. The van der Waals surface area contributed by atoms with Gasteiger partial charge < -0.3 is 5.32 Å². The number of carbonyl (C=O) groups excluding carboxylic acids is 1. The third-order valence-electron chi connectivity index (χ3n) is 3.20. The van der Waals surface area contributed by atoms with Crippen molar-refractivity contribution in [2.24, 2.45) is 0 Å². The molecule has 0 spiro atoms. The molecule has 104 valence electrons. The van der Waals surface area contributed by atoms with Crippen LogP contribution in [0, 0.1) is 5.82 Å². The monoisotopic (exact) mass is 343 g/mol. The SMILES string of the molecule is O=C(Nc1cccc(F)c1)c1cccc2c(Br)cccc12. The van der Waals surface area contributed by atoms with Crippen molar-refractivity contribution in [3.63, 3.8) is 0 Å². The Balaban J connectivity index is 2.00. The zero-order chi connectivity index (χ0) is 14.8. The van der Waals surface area contributed by atoms with Gasteiger partial charge in [-0.2, -0.15) is 0 Å². The molecular weight excluding hydrogens is 333 g/mol. The molecule has 21 heavy (non-hydrogen) atoms. The number of fused-ring (bicyclic) bond motifs is 1. The standard InChI is InChI=1S/C17H11BrFNO/c18-16-9-3-6-13-14(16)7-2-8-15(13)17(21)20-12-5-1-4-11(19)10-12/h1-10H,(H,20,21). The predicted molar refractivity (Wildman–Crippen MR) is 86.0 cm³/mol. The Kier molecular flexibility index (Phi) is 3.71. The molecule has 3 aromatic rings. The first-order valence-corrected chi connectivity index (χ1v) is 7.18. The number of rotatable bonds is 2. The molecule has 0 aliphatic rings. The highest BCUT2D eigenvalue weighted by Crippen LogP contribution is 2.26. The van der Waals surface area contributed by atoms with Gasteiger partial charge in [-0.05, 0) is 41.1 Å². The highest BCUT2D eigenvalue weighted by molar-refractivity contribution is 9.10. The lowest BCUT2D eigenvalue weighted by molar-refractivity contribution is 0.102. The molecule has 0 aliphatic carbocycles. The summed E-state index contributed by atoms with van der Waals surface area (Å²) in [6.07, 6.45) is 0. The summed E-state index contributed by atoms with van der Waals surface area (Å²) in [6.45, 7) is 0. The van der Waals surface area contributed by atoms with Gasteiger partial charge in [-0.1, -0.05) is 46.3 Å². The second-order valence-corrected chi connectivity index (χ2v) is 5.46. The molecule has 0 atom stereocenters. The number of halogens is 2. The molecule has 3 aromatic carbocycles. The van der Waals surface area contributed by atoms with Crippen LogP contribution in [0.4, 0.5) is 10.1 Å². The van der Waals surface area contributed by atoms with Crippen LogP contribution >= 0.6 is 15.9 Å². The fourth-order valence-electron chi connectivity index (χ4n) is 2.23. The van der Waals surface area contributed by atoms with Crippen LogP contribution < -0.4 is 5.32 Å². The molecule has 0 bridgehead atoms. The molecule has 0 fully saturated rings. The zero-order valence-electron chi connectivity index (χ0n) is 10.9. The van der Waals surface area contributed by atoms with Gasteiger partial charge in [-0.3, -0.25) is 4.79 Å². The fourth-order valence-corrected chi connectivity index (χ4v) is 2.73. The van der Waals surface area contributed by atoms with Crippen LogP contribution in [0.5, 0.6) is 0 Å². The van der Waals surface area contributed by atoms with E-state index in [-0.39, 0.29) is 11.7 Å². The smallest absolute Gasteiger partial charge is 0.256 e. The summed E-state index contributed by atoms with van der Waals surface area (Å²) in [4.78, 5) is 12.4. The topological polar surface area (TPSA) is 29.1 Å². The van der Waals surface area contributed by atoms with Crippen LogP contribution in [0.1, 0.15) is 10.4 Å². The first kappa shape index (κ1) is 13.8. The number of amides is 1. The van der Waals surface area contributed by atoms with E-state index in [1.807, 2.05) is 30.3 Å². The van der Waals surface area contributed by atoms with Crippen LogP contribution in [0.3, 0.4) is 0 Å². The van der Waals surface area contributed by atoms with E-state index in [2.05, 4.69) is 21.2 Å². The summed E-state index contributed by atoms with van der Waals surface area (Å²) in [5.74, 6) is -0.641. The Morgan fingerprint density at radius 1 is 0.952 bits per heavy atom. The maximum atomic E-state index is 13.2. The molecular formula is C17H11BrFNO. The lowest BCUT2D eigenvalue weighted by Gasteiger charge is -2.09. The largest absolute Gasteiger partial charge is 0.322 e. The van der Waals surface area contributed by atoms with E-state index in [0.29, 0.717) is 11.3 Å². The van der Waals surface area contributed by atoms with Crippen LogP contribution in [-0.4, -0.2) is 5.91 Å². The van der Waals surface area contributed by atoms with Gasteiger partial charge >= 0.3 is 0 Å². The number of hydrogen-bond donors (Lipinski definition) is 1. The van der Waals surface area contributed by atoms with Gasteiger partial charge in [0.2, 0.25) is 0 Å². The highest BCUT2D eigenvalue weighted by atomic mass is 79.9. The average molecular weight is 344 g/mol. The Hall–Kier alpha value is -2.20. The van der Waals surface area contributed by atoms with Crippen molar-refractivity contribution in [2.75, 3.05) is 5.32 Å². The zero-order valence-corrected chi connectivity index (χ0v) is 12.5. The summed E-state index contributed by atoms with van der Waals surface area (Å²) in [6, 6.07) is 17.1. The molecule has 0 saturated heterocycles. The van der Waals surface area contributed by atoms with Gasteiger partial charge in [-0.15, -0.1) is 0 Å². The van der Waals surface area contributed by atoms with E-state index < -0.39 is 0 Å². The van der Waals surface area contributed by atoms with Gasteiger partial charge in [0.25, 0.3) is 5.91 Å². The van der Waals surface area contributed by atoms with E-state index in [4.69, 9.17) is 0 Å². The third-order valence-corrected chi connectivity index (χ3v) is 3.89. The minimum Gasteiger partial charge on any atom is -0.322 e. The predicted octanol–water partition coefficient (Wildman–Crippen LogP) is 4.99. The molecule has 0 saturated carbocycles. The second-order valence-electron chi connectivity index (χ2n) is 4.61. The van der Waals surface area contributed by atoms with Crippen molar-refractivity contribution in [1.29, 1.82) is 0 Å². The van der Waals surface area contributed by atoms with E-state index in [0.717, 1.165) is 15.2 Å². The summed E-state index contributed by atoms with van der Waals surface area (Å²) in [5, 5.41) is 4.53. The van der Waals surface area contributed by atoms with Crippen molar-refractivity contribution in [1.82, 2.24) is 0 Å². The van der Waals surface area contributed by atoms with E-state index in [1.165, 1.54) is 12.1 Å². The van der Waals surface area contributed by atoms with Gasteiger partial charge in [0.1, 0.15) is 5.82 Å². The van der Waals surface area contributed by atoms with Crippen LogP contribution in [0.25, 0.3) is 10.8 Å². The Morgan fingerprint density at radius 2 is 1.67 bits per heavy atom. The maximum absolute atomic E-state index is 13.2. The van der Waals surface area contributed by atoms with E-state index in [1.54, 1.807) is 18.2 Å². The molecule has 0 aliphatic heterocycles. The number of nitrogens with one attached hydrogen (secondary N) is 1. The maximum Gasteiger partial charge on any atom is 0.256 e. The molecule has 0 unspecified atom stereocenters. The third kappa shape index (κ3) is 2.81. The Bertz CT molecular complexity index is 832. The number of anilines is 1. The molecule has 0 heterocycles. The van der Waals surface area contributed by atoms with Crippen molar-refractivity contribution >= 4 is 38.3 Å². The van der Waals surface area contributed by atoms with E-state index in [9.17, 15) is 9.18 Å². The lowest BCUT2D eigenvalue weighted by Crippen LogP contribution is -2.12. The molecule has 4 heteroatoms. The minimum atomic E-state index is -0.381. The fraction of sp³-hybridized carbons (Fsp3) is 0. The molecule has 1 N–H and O–H groups in total. The number of benzene rings is 3. The summed E-state index contributed by atoms with van der Waals surface area (Å²) >= 11 is 3.48. The van der Waals surface area contributed by atoms with Crippen LogP contribution in [-0.2, 0) is 0 Å². The first-order chi connectivity index (χ1) is 10.1. The van der Waals surface area contributed by atoms with E-state index >= 15 is 0 Å². The van der Waals surface area contributed by atoms with Crippen LogP contribution in [0.2, 0.25) is 0 Å². The first-order valence-electron chi connectivity index (χ1n) is 6.39. The van der Waals surface area contributed by atoms with Crippen molar-refractivity contribution < 1.29 is 9.18 Å². The molecule has 0 radical (unpaired) electrons. The molecule has 0 aromatic heterocycles. The number of hydrogen-bond acceptors (Lipinski definition) is 1. The highest BCUT2D eigenvalue weighted by Gasteiger charge is 2.11. The lowest BCUT2D eigenvalue weighted by atomic mass is 10.0. The normalized spacial score (nSPS) is 10.6. The minimum absolute atomic E-state index is 0.260. The summed E-state index contributed by atoms with van der Waals surface area (Å²) < 4.78 is 14.1. The van der Waals surface area contributed by atoms with Gasteiger partial charge in [-0.25, -0.2) is 4.39 Å². The Labute approximate surface area is 129 Å². The van der Waals surface area contributed by atoms with Crippen molar-refractivity contribution in [2.45, 2.75) is 0 Å². The van der Waals surface area contributed by atoms with Crippen molar-refractivity contribution in [3.8, 4) is 0 Å². The van der Waals surface area contributed by atoms with Crippen LogP contribution in [0.15, 0.2) is 65.1 Å². The molecule has 2 nitrogen and oxygen atoms in total. The Morgan fingerprint density at radius 3 is 2.48 bits per heavy atom.